The van der Waals surface area contributed by atoms with Crippen molar-refractivity contribution in [3.63, 3.8) is 0 Å². The number of amides is 1. The van der Waals surface area contributed by atoms with E-state index < -0.39 is 17.6 Å². The lowest BCUT2D eigenvalue weighted by Crippen LogP contribution is -2.68. The number of piperidine rings is 1. The lowest BCUT2D eigenvalue weighted by atomic mass is 9.87. The van der Waals surface area contributed by atoms with Gasteiger partial charge in [0.25, 0.3) is 0 Å². The highest BCUT2D eigenvalue weighted by atomic mass is 19.4. The summed E-state index contributed by atoms with van der Waals surface area (Å²) < 4.78 is 55.0. The number of carbonyl (C=O) groups excluding carboxylic acids is 1. The Labute approximate surface area is 263 Å². The van der Waals surface area contributed by atoms with E-state index in [1.165, 1.54) is 5.69 Å². The maximum atomic E-state index is 14.1. The van der Waals surface area contributed by atoms with E-state index in [9.17, 15) is 18.0 Å². The van der Waals surface area contributed by atoms with Crippen LogP contribution in [0.5, 0.6) is 0 Å². The van der Waals surface area contributed by atoms with E-state index in [4.69, 9.17) is 9.47 Å². The maximum absolute atomic E-state index is 14.1. The minimum Gasteiger partial charge on any atom is -0.444 e. The predicted molar refractivity (Wildman–Crippen MR) is 165 cm³/mol. The number of hydrogen-bond donors (Lipinski definition) is 0. The van der Waals surface area contributed by atoms with Crippen molar-refractivity contribution >= 4 is 17.7 Å². The molecule has 2 aromatic rings. The van der Waals surface area contributed by atoms with Crippen LogP contribution in [0.3, 0.4) is 0 Å². The van der Waals surface area contributed by atoms with E-state index in [1.807, 2.05) is 55.3 Å². The van der Waals surface area contributed by atoms with Crippen LogP contribution in [0.25, 0.3) is 0 Å². The number of halogens is 3. The molecule has 3 aliphatic rings. The number of carbonyl (C=O) groups is 1. The third kappa shape index (κ3) is 7.32. The number of hydrogen-bond acceptors (Lipinski definition) is 9. The Morgan fingerprint density at radius 2 is 1.69 bits per heavy atom. The molecule has 0 N–H and O–H groups in total. The van der Waals surface area contributed by atoms with Crippen molar-refractivity contribution in [3.8, 4) is 0 Å². The molecule has 2 aromatic heterocycles. The molecule has 45 heavy (non-hydrogen) atoms. The van der Waals surface area contributed by atoms with Crippen LogP contribution in [0.1, 0.15) is 70.5 Å². The average molecular weight is 637 g/mol. The van der Waals surface area contributed by atoms with Crippen molar-refractivity contribution in [1.29, 1.82) is 0 Å². The van der Waals surface area contributed by atoms with Crippen LogP contribution in [0.15, 0.2) is 12.3 Å². The van der Waals surface area contributed by atoms with Gasteiger partial charge in [-0.2, -0.15) is 18.3 Å². The van der Waals surface area contributed by atoms with Crippen molar-refractivity contribution in [2.75, 3.05) is 62.8 Å². The molecule has 3 aliphatic heterocycles. The van der Waals surface area contributed by atoms with Crippen molar-refractivity contribution in [1.82, 2.24) is 29.5 Å². The summed E-state index contributed by atoms with van der Waals surface area (Å²) in [6, 6.07) is 1.80. The van der Waals surface area contributed by atoms with E-state index in [0.29, 0.717) is 64.1 Å². The third-order valence-corrected chi connectivity index (χ3v) is 9.25. The topological polar surface area (TPSA) is 92.1 Å². The Morgan fingerprint density at radius 1 is 1.02 bits per heavy atom. The van der Waals surface area contributed by atoms with Gasteiger partial charge in [-0.15, -0.1) is 0 Å². The summed E-state index contributed by atoms with van der Waals surface area (Å²) in [6.45, 7) is 16.5. The molecule has 0 unspecified atom stereocenters. The summed E-state index contributed by atoms with van der Waals surface area (Å²) in [5, 5.41) is 4.53. The predicted octanol–water partition coefficient (Wildman–Crippen LogP) is 4.55. The van der Waals surface area contributed by atoms with Gasteiger partial charge in [0, 0.05) is 82.2 Å². The lowest BCUT2D eigenvalue weighted by molar-refractivity contribution is -0.144. The summed E-state index contributed by atoms with van der Waals surface area (Å²) in [4.78, 5) is 28.5. The Bertz CT molecular complexity index is 1340. The fourth-order valence-electron chi connectivity index (χ4n) is 6.86. The molecule has 0 aliphatic carbocycles. The van der Waals surface area contributed by atoms with Gasteiger partial charge in [0.05, 0.1) is 19.3 Å². The highest BCUT2D eigenvalue weighted by molar-refractivity contribution is 5.68. The van der Waals surface area contributed by atoms with Crippen molar-refractivity contribution < 1.29 is 27.4 Å². The van der Waals surface area contributed by atoms with E-state index >= 15 is 0 Å². The largest absolute Gasteiger partial charge is 0.451 e. The van der Waals surface area contributed by atoms with Crippen LogP contribution in [-0.4, -0.2) is 112 Å². The van der Waals surface area contributed by atoms with Gasteiger partial charge in [-0.05, 0) is 59.9 Å². The molecule has 0 saturated carbocycles. The van der Waals surface area contributed by atoms with Gasteiger partial charge in [-0.1, -0.05) is 0 Å². The van der Waals surface area contributed by atoms with Crippen molar-refractivity contribution in [2.45, 2.75) is 96.7 Å². The van der Waals surface area contributed by atoms with Crippen LogP contribution in [-0.2, 0) is 22.2 Å². The summed E-state index contributed by atoms with van der Waals surface area (Å²) in [5.41, 5.74) is 1.74. The van der Waals surface area contributed by atoms with Gasteiger partial charge in [-0.25, -0.2) is 14.8 Å². The first kappa shape index (κ1) is 33.2. The number of rotatable bonds is 7. The number of methoxy groups -OCH3 is 1. The molecule has 14 heteroatoms. The minimum absolute atomic E-state index is 0.0272. The number of aromatic nitrogens is 4. The molecule has 0 bridgehead atoms. The standard InChI is InChI=1S/C31H47F3N8O3/c1-20-18-35-42(14-15-44-7)27(20)23-8-9-40(21(2)16-23)25-17-26(37-28(36-25)31(32,33)34)41-19-24(22(41)3)38-10-12-39(13-11-38)29(43)45-30(4,5)6/h17-18,21-24H,8-16,19H2,1-7H3/t21-,22-,23-,24-/m1/s1. The number of ether oxygens (including phenoxy) is 2. The first-order valence-electron chi connectivity index (χ1n) is 15.9. The van der Waals surface area contributed by atoms with Gasteiger partial charge in [0.2, 0.25) is 5.82 Å². The Morgan fingerprint density at radius 3 is 2.27 bits per heavy atom. The van der Waals surface area contributed by atoms with Crippen LogP contribution in [0, 0.1) is 6.92 Å². The quantitative estimate of drug-likeness (QED) is 0.434. The SMILES string of the molecule is COCCn1ncc(C)c1[C@@H]1CCN(c2cc(N3C[C@@H](N4CCN(C(=O)OC(C)(C)C)CC4)[C@H]3C)nc(C(F)(F)F)n2)[C@H](C)C1. The number of aryl methyl sites for hydroxylation is 1. The van der Waals surface area contributed by atoms with Crippen molar-refractivity contribution in [2.24, 2.45) is 0 Å². The Balaban J connectivity index is 1.27. The molecule has 0 radical (unpaired) electrons. The van der Waals surface area contributed by atoms with E-state index in [-0.39, 0.29) is 30.1 Å². The Kier molecular flexibility index (Phi) is 9.55. The van der Waals surface area contributed by atoms with Crippen molar-refractivity contribution in [3.05, 3.63) is 29.3 Å². The normalized spacial score (nSPS) is 25.0. The Hall–Kier alpha value is -3.13. The molecule has 5 rings (SSSR count). The molecular weight excluding hydrogens is 589 g/mol. The monoisotopic (exact) mass is 636 g/mol. The highest BCUT2D eigenvalue weighted by Gasteiger charge is 2.44. The molecule has 0 spiro atoms. The number of nitrogens with zero attached hydrogens (tertiary/aromatic N) is 8. The van der Waals surface area contributed by atoms with Crippen LogP contribution >= 0.6 is 0 Å². The summed E-state index contributed by atoms with van der Waals surface area (Å²) in [5.74, 6) is -0.263. The van der Waals surface area contributed by atoms with Gasteiger partial charge < -0.3 is 24.2 Å². The summed E-state index contributed by atoms with van der Waals surface area (Å²) in [6.07, 6.45) is -1.55. The minimum atomic E-state index is -4.66. The van der Waals surface area contributed by atoms with Crippen LogP contribution < -0.4 is 9.80 Å². The zero-order chi connectivity index (χ0) is 32.7. The molecule has 3 fully saturated rings. The van der Waals surface area contributed by atoms with Gasteiger partial charge in [0.1, 0.15) is 17.2 Å². The van der Waals surface area contributed by atoms with E-state index in [2.05, 4.69) is 26.9 Å². The zero-order valence-electron chi connectivity index (χ0n) is 27.5. The molecular formula is C31H47F3N8O3. The van der Waals surface area contributed by atoms with Crippen LogP contribution in [0.4, 0.5) is 29.6 Å². The number of alkyl halides is 3. The first-order valence-corrected chi connectivity index (χ1v) is 15.9. The maximum Gasteiger partial charge on any atom is 0.451 e. The second-order valence-electron chi connectivity index (χ2n) is 13.6. The average Bonchev–Trinajstić information content (AvgIpc) is 3.33. The second-order valence-corrected chi connectivity index (χ2v) is 13.6. The fourth-order valence-corrected chi connectivity index (χ4v) is 6.86. The number of piperazine rings is 1. The fraction of sp³-hybridized carbons (Fsp3) is 0.742. The van der Waals surface area contributed by atoms with Gasteiger partial charge >= 0.3 is 12.3 Å². The zero-order valence-corrected chi connectivity index (χ0v) is 27.5. The lowest BCUT2D eigenvalue weighted by Gasteiger charge is -2.53. The third-order valence-electron chi connectivity index (χ3n) is 9.25. The molecule has 1 amide bonds. The summed E-state index contributed by atoms with van der Waals surface area (Å²) in [7, 11) is 1.66. The summed E-state index contributed by atoms with van der Waals surface area (Å²) >= 11 is 0. The van der Waals surface area contributed by atoms with E-state index in [1.54, 1.807) is 18.1 Å². The van der Waals surface area contributed by atoms with Crippen LogP contribution in [0.2, 0.25) is 0 Å². The van der Waals surface area contributed by atoms with Gasteiger partial charge in [0.15, 0.2) is 0 Å². The number of anilines is 2. The first-order chi connectivity index (χ1) is 21.2. The highest BCUT2D eigenvalue weighted by Crippen LogP contribution is 2.39. The van der Waals surface area contributed by atoms with Gasteiger partial charge in [-0.3, -0.25) is 9.58 Å². The molecule has 11 nitrogen and oxygen atoms in total. The molecule has 4 atom stereocenters. The molecule has 5 heterocycles. The smallest absolute Gasteiger partial charge is 0.444 e. The molecule has 0 aromatic carbocycles. The second kappa shape index (κ2) is 12.9. The molecule has 3 saturated heterocycles. The molecule has 250 valence electrons. The van der Waals surface area contributed by atoms with E-state index in [0.717, 1.165) is 18.4 Å².